The highest BCUT2D eigenvalue weighted by molar-refractivity contribution is 6.30. The number of carbonyl (C=O) groups excluding carboxylic acids is 1. The Labute approximate surface area is 135 Å². The lowest BCUT2D eigenvalue weighted by Crippen LogP contribution is -2.53. The molecule has 1 amide bonds. The highest BCUT2D eigenvalue weighted by Crippen LogP contribution is 2.43. The lowest BCUT2D eigenvalue weighted by molar-refractivity contribution is -0.0894. The maximum Gasteiger partial charge on any atom is 0.272 e. The number of hydrogen-bond donors (Lipinski definition) is 0. The van der Waals surface area contributed by atoms with E-state index in [1.807, 2.05) is 4.90 Å². The van der Waals surface area contributed by atoms with Crippen LogP contribution in [0.15, 0.2) is 18.3 Å². The van der Waals surface area contributed by atoms with E-state index in [0.29, 0.717) is 17.3 Å². The van der Waals surface area contributed by atoms with Crippen LogP contribution >= 0.6 is 11.6 Å². The summed E-state index contributed by atoms with van der Waals surface area (Å²) in [4.78, 5) is 18.8. The molecule has 0 aromatic carbocycles. The van der Waals surface area contributed by atoms with Gasteiger partial charge in [-0.2, -0.15) is 0 Å². The minimum atomic E-state index is -0.239. The number of ether oxygens (including phenoxy) is 2. The molecule has 5 nitrogen and oxygen atoms in total. The largest absolute Gasteiger partial charge is 0.381 e. The molecule has 22 heavy (non-hydrogen) atoms. The van der Waals surface area contributed by atoms with Gasteiger partial charge in [-0.3, -0.25) is 4.79 Å². The quantitative estimate of drug-likeness (QED) is 0.857. The van der Waals surface area contributed by atoms with Gasteiger partial charge in [0.1, 0.15) is 5.69 Å². The molecule has 6 heteroatoms. The van der Waals surface area contributed by atoms with Gasteiger partial charge in [0, 0.05) is 27.0 Å². The summed E-state index contributed by atoms with van der Waals surface area (Å²) in [6.45, 7) is 0.693. The molecule has 1 aromatic heterocycles. The number of pyridine rings is 1. The van der Waals surface area contributed by atoms with E-state index >= 15 is 0 Å². The van der Waals surface area contributed by atoms with Crippen molar-refractivity contribution in [1.29, 1.82) is 0 Å². The SMILES string of the molecule is CO[C@@H]1CC[C@@]2(OC)CCN(C(=O)c3ccc(Cl)cn3)[C@H]2C1. The van der Waals surface area contributed by atoms with Crippen LogP contribution in [0.4, 0.5) is 0 Å². The number of hydrogen-bond acceptors (Lipinski definition) is 4. The minimum Gasteiger partial charge on any atom is -0.381 e. The van der Waals surface area contributed by atoms with E-state index in [-0.39, 0.29) is 23.7 Å². The Bertz CT molecular complexity index is 551. The average Bonchev–Trinajstić information content (AvgIpc) is 2.93. The van der Waals surface area contributed by atoms with Crippen molar-refractivity contribution in [3.63, 3.8) is 0 Å². The van der Waals surface area contributed by atoms with E-state index in [1.54, 1.807) is 26.4 Å². The minimum absolute atomic E-state index is 0.0428. The summed E-state index contributed by atoms with van der Waals surface area (Å²) in [7, 11) is 3.47. The monoisotopic (exact) mass is 324 g/mol. The van der Waals surface area contributed by atoms with Crippen LogP contribution < -0.4 is 0 Å². The zero-order valence-corrected chi connectivity index (χ0v) is 13.7. The van der Waals surface area contributed by atoms with E-state index in [9.17, 15) is 4.79 Å². The summed E-state index contributed by atoms with van der Waals surface area (Å²) in [5.41, 5.74) is 0.188. The summed E-state index contributed by atoms with van der Waals surface area (Å²) in [6, 6.07) is 3.41. The number of carbonyl (C=O) groups is 1. The van der Waals surface area contributed by atoms with Gasteiger partial charge in [0.15, 0.2) is 0 Å². The second-order valence-corrected chi connectivity index (χ2v) is 6.46. The van der Waals surface area contributed by atoms with E-state index in [0.717, 1.165) is 25.7 Å². The van der Waals surface area contributed by atoms with Crippen molar-refractivity contribution in [3.05, 3.63) is 29.0 Å². The highest BCUT2D eigenvalue weighted by atomic mass is 35.5. The van der Waals surface area contributed by atoms with E-state index in [2.05, 4.69) is 4.98 Å². The number of aromatic nitrogens is 1. The van der Waals surface area contributed by atoms with Gasteiger partial charge in [-0.25, -0.2) is 4.98 Å². The number of nitrogens with zero attached hydrogens (tertiary/aromatic N) is 2. The third-order valence-electron chi connectivity index (χ3n) is 5.08. The first-order valence-electron chi connectivity index (χ1n) is 7.60. The molecule has 0 unspecified atom stereocenters. The third kappa shape index (κ3) is 2.62. The van der Waals surface area contributed by atoms with Crippen LogP contribution in [0.2, 0.25) is 5.02 Å². The smallest absolute Gasteiger partial charge is 0.272 e. The molecule has 2 heterocycles. The summed E-state index contributed by atoms with van der Waals surface area (Å²) < 4.78 is 11.4. The van der Waals surface area contributed by atoms with Crippen LogP contribution in [0.3, 0.4) is 0 Å². The van der Waals surface area contributed by atoms with Crippen molar-refractivity contribution in [2.75, 3.05) is 20.8 Å². The lowest BCUT2D eigenvalue weighted by atomic mass is 9.79. The van der Waals surface area contributed by atoms with Crippen LogP contribution in [0.5, 0.6) is 0 Å². The fraction of sp³-hybridized carbons (Fsp3) is 0.625. The van der Waals surface area contributed by atoms with Crippen molar-refractivity contribution < 1.29 is 14.3 Å². The molecule has 1 aromatic rings. The van der Waals surface area contributed by atoms with Crippen molar-refractivity contribution >= 4 is 17.5 Å². The number of fused-ring (bicyclic) bond motifs is 1. The molecule has 1 aliphatic heterocycles. The van der Waals surface area contributed by atoms with Gasteiger partial charge in [-0.15, -0.1) is 0 Å². The van der Waals surface area contributed by atoms with Gasteiger partial charge in [0.05, 0.1) is 22.8 Å². The molecule has 2 fully saturated rings. The Morgan fingerprint density at radius 1 is 1.41 bits per heavy atom. The van der Waals surface area contributed by atoms with Gasteiger partial charge >= 0.3 is 0 Å². The van der Waals surface area contributed by atoms with Gasteiger partial charge < -0.3 is 14.4 Å². The first-order valence-corrected chi connectivity index (χ1v) is 7.98. The Kier molecular flexibility index (Phi) is 4.39. The van der Waals surface area contributed by atoms with E-state index < -0.39 is 0 Å². The predicted octanol–water partition coefficient (Wildman–Crippen LogP) is 2.53. The second-order valence-electron chi connectivity index (χ2n) is 6.03. The molecule has 3 rings (SSSR count). The Balaban J connectivity index is 1.84. The molecule has 3 atom stereocenters. The molecular formula is C16H21ClN2O3. The molecule has 0 N–H and O–H groups in total. The Hall–Kier alpha value is -1.17. The van der Waals surface area contributed by atoms with Gasteiger partial charge in [-0.1, -0.05) is 11.6 Å². The molecule has 0 bridgehead atoms. The number of rotatable bonds is 3. The molecule has 1 saturated carbocycles. The molecular weight excluding hydrogens is 304 g/mol. The standard InChI is InChI=1S/C16H21ClN2O3/c1-21-12-5-6-16(22-2)7-8-19(14(16)9-12)15(20)13-4-3-11(17)10-18-13/h3-4,10,12,14H,5-9H2,1-2H3/t12-,14+,16-/m1/s1. The van der Waals surface area contributed by atoms with Crippen LogP contribution in [0.1, 0.15) is 36.2 Å². The summed E-state index contributed by atoms with van der Waals surface area (Å²) >= 11 is 5.85. The lowest BCUT2D eigenvalue weighted by Gasteiger charge is -2.43. The van der Waals surface area contributed by atoms with Crippen molar-refractivity contribution in [3.8, 4) is 0 Å². The van der Waals surface area contributed by atoms with E-state index in [4.69, 9.17) is 21.1 Å². The zero-order valence-electron chi connectivity index (χ0n) is 12.9. The fourth-order valence-electron chi connectivity index (χ4n) is 3.77. The number of methoxy groups -OCH3 is 2. The van der Waals surface area contributed by atoms with Crippen LogP contribution in [0.25, 0.3) is 0 Å². The topological polar surface area (TPSA) is 51.7 Å². The average molecular weight is 325 g/mol. The maximum atomic E-state index is 12.8. The van der Waals surface area contributed by atoms with Crippen LogP contribution in [0, 0.1) is 0 Å². The molecule has 120 valence electrons. The van der Waals surface area contributed by atoms with Crippen molar-refractivity contribution in [2.24, 2.45) is 0 Å². The van der Waals surface area contributed by atoms with Gasteiger partial charge in [0.2, 0.25) is 0 Å². The molecule has 1 saturated heterocycles. The number of amides is 1. The Morgan fingerprint density at radius 2 is 2.23 bits per heavy atom. The fourth-order valence-corrected chi connectivity index (χ4v) is 3.88. The summed E-state index contributed by atoms with van der Waals surface area (Å²) in [5, 5.41) is 0.529. The van der Waals surface area contributed by atoms with Gasteiger partial charge in [-0.05, 0) is 37.8 Å². The summed E-state index contributed by atoms with van der Waals surface area (Å²) in [6.07, 6.45) is 5.26. The van der Waals surface area contributed by atoms with Crippen LogP contribution in [-0.4, -0.2) is 54.3 Å². The predicted molar refractivity (Wildman–Crippen MR) is 83.1 cm³/mol. The highest BCUT2D eigenvalue weighted by Gasteiger charge is 2.52. The molecule has 0 spiro atoms. The summed E-state index contributed by atoms with van der Waals surface area (Å²) in [5.74, 6) is -0.0580. The van der Waals surface area contributed by atoms with Crippen LogP contribution in [-0.2, 0) is 9.47 Å². The van der Waals surface area contributed by atoms with Crippen molar-refractivity contribution in [1.82, 2.24) is 9.88 Å². The molecule has 2 aliphatic rings. The number of halogens is 1. The third-order valence-corrected chi connectivity index (χ3v) is 5.31. The van der Waals surface area contributed by atoms with E-state index in [1.165, 1.54) is 6.20 Å². The normalized spacial score (nSPS) is 31.1. The first kappa shape index (κ1) is 15.7. The van der Waals surface area contributed by atoms with Gasteiger partial charge in [0.25, 0.3) is 5.91 Å². The number of likely N-dealkylation sites (tertiary alicyclic amines) is 1. The maximum absolute atomic E-state index is 12.8. The zero-order chi connectivity index (χ0) is 15.7. The molecule has 1 aliphatic carbocycles. The second kappa shape index (κ2) is 6.14. The molecule has 0 radical (unpaired) electrons. The Morgan fingerprint density at radius 3 is 2.86 bits per heavy atom. The van der Waals surface area contributed by atoms with Crippen molar-refractivity contribution in [2.45, 2.75) is 43.4 Å². The first-order chi connectivity index (χ1) is 10.6.